The van der Waals surface area contributed by atoms with Gasteiger partial charge in [-0.05, 0) is 11.6 Å². The minimum Gasteiger partial charge on any atom is -0.436 e. The smallest absolute Gasteiger partial charge is 0.322 e. The van der Waals surface area contributed by atoms with E-state index in [9.17, 15) is 9.59 Å². The molecule has 10 heavy (non-hydrogen) atoms. The van der Waals surface area contributed by atoms with Gasteiger partial charge in [-0.25, -0.2) is 0 Å². The number of hydrogen-bond donors (Lipinski definition) is 0. The molecule has 0 saturated carbocycles. The van der Waals surface area contributed by atoms with Gasteiger partial charge < -0.3 is 4.74 Å². The lowest BCUT2D eigenvalue weighted by Gasteiger charge is -2.03. The highest BCUT2D eigenvalue weighted by molar-refractivity contribution is 6.68. The molecule has 0 fully saturated rings. The SMILES string of the molecule is O=C(CCl)OC(Cl)C(=O)Cl. The first kappa shape index (κ1) is 10.0. The Bertz CT molecular complexity index is 147. The van der Waals surface area contributed by atoms with Crippen LogP contribution in [0.5, 0.6) is 0 Å². The molecule has 0 aliphatic rings. The lowest BCUT2D eigenvalue weighted by molar-refractivity contribution is -0.145. The van der Waals surface area contributed by atoms with Crippen LogP contribution in [-0.4, -0.2) is 22.7 Å². The third-order valence-corrected chi connectivity index (χ3v) is 1.34. The molecule has 0 amide bonds. The number of carbonyl (C=O) groups excluding carboxylic acids is 2. The average molecular weight is 205 g/mol. The molecule has 0 spiro atoms. The third-order valence-electron chi connectivity index (χ3n) is 0.522. The summed E-state index contributed by atoms with van der Waals surface area (Å²) in [5, 5.41) is -0.944. The van der Waals surface area contributed by atoms with E-state index in [1.165, 1.54) is 0 Å². The number of ether oxygens (including phenoxy) is 1. The highest BCUT2D eigenvalue weighted by Crippen LogP contribution is 2.03. The van der Waals surface area contributed by atoms with E-state index in [-0.39, 0.29) is 5.88 Å². The molecule has 1 unspecified atom stereocenters. The molecule has 0 aromatic carbocycles. The van der Waals surface area contributed by atoms with Gasteiger partial charge >= 0.3 is 5.97 Å². The molecule has 0 heterocycles. The zero-order valence-electron chi connectivity index (χ0n) is 4.64. The van der Waals surface area contributed by atoms with Crippen molar-refractivity contribution in [2.75, 3.05) is 5.88 Å². The Kier molecular flexibility index (Phi) is 4.77. The standard InChI is InChI=1S/C4H3Cl3O3/c5-1-2(8)10-4(7)3(6)9/h4H,1H2. The lowest BCUT2D eigenvalue weighted by Crippen LogP contribution is -2.18. The number of hydrogen-bond acceptors (Lipinski definition) is 3. The van der Waals surface area contributed by atoms with Gasteiger partial charge in [0.25, 0.3) is 5.24 Å². The fourth-order valence-electron chi connectivity index (χ4n) is 0.193. The topological polar surface area (TPSA) is 43.4 Å². The van der Waals surface area contributed by atoms with Crippen molar-refractivity contribution in [1.29, 1.82) is 0 Å². The van der Waals surface area contributed by atoms with Gasteiger partial charge in [0.05, 0.1) is 0 Å². The Morgan fingerprint density at radius 2 is 2.00 bits per heavy atom. The Balaban J connectivity index is 3.68. The number of esters is 1. The van der Waals surface area contributed by atoms with Crippen molar-refractivity contribution in [2.45, 2.75) is 5.56 Å². The molecule has 0 bridgehead atoms. The first-order valence-electron chi connectivity index (χ1n) is 2.16. The van der Waals surface area contributed by atoms with Crippen molar-refractivity contribution in [3.63, 3.8) is 0 Å². The second-order valence-corrected chi connectivity index (χ2v) is 2.28. The summed E-state index contributed by atoms with van der Waals surface area (Å²) < 4.78 is 4.17. The van der Waals surface area contributed by atoms with Gasteiger partial charge in [-0.2, -0.15) is 0 Å². The van der Waals surface area contributed by atoms with Crippen LogP contribution in [0.3, 0.4) is 0 Å². The molecule has 0 rings (SSSR count). The molecular formula is C4H3Cl3O3. The minimum atomic E-state index is -1.44. The number of carbonyl (C=O) groups is 2. The first-order chi connectivity index (χ1) is 4.57. The van der Waals surface area contributed by atoms with Crippen molar-refractivity contribution in [1.82, 2.24) is 0 Å². The molecule has 0 radical (unpaired) electrons. The molecule has 3 nitrogen and oxygen atoms in total. The second-order valence-electron chi connectivity index (χ2n) is 1.24. The van der Waals surface area contributed by atoms with E-state index in [4.69, 9.17) is 34.8 Å². The largest absolute Gasteiger partial charge is 0.436 e. The maximum Gasteiger partial charge on any atom is 0.322 e. The van der Waals surface area contributed by atoms with E-state index in [1.807, 2.05) is 0 Å². The summed E-state index contributed by atoms with van der Waals surface area (Å²) >= 11 is 15.0. The Morgan fingerprint density at radius 1 is 1.50 bits per heavy atom. The van der Waals surface area contributed by atoms with Gasteiger partial charge in [-0.1, -0.05) is 11.6 Å². The quantitative estimate of drug-likeness (QED) is 0.394. The maximum atomic E-state index is 10.3. The average Bonchev–Trinajstić information content (AvgIpc) is 1.87. The lowest BCUT2D eigenvalue weighted by atomic mass is 10.7. The Morgan fingerprint density at radius 3 is 2.30 bits per heavy atom. The Labute approximate surface area is 72.2 Å². The molecule has 0 aliphatic carbocycles. The van der Waals surface area contributed by atoms with Gasteiger partial charge in [0.15, 0.2) is 0 Å². The number of rotatable bonds is 3. The molecule has 0 aromatic rings. The molecule has 0 N–H and O–H groups in total. The van der Waals surface area contributed by atoms with Gasteiger partial charge in [0, 0.05) is 0 Å². The van der Waals surface area contributed by atoms with Crippen LogP contribution in [0.4, 0.5) is 0 Å². The third kappa shape index (κ3) is 3.93. The van der Waals surface area contributed by atoms with Crippen molar-refractivity contribution in [3.05, 3.63) is 0 Å². The second kappa shape index (κ2) is 4.77. The monoisotopic (exact) mass is 204 g/mol. The summed E-state index contributed by atoms with van der Waals surface area (Å²) in [6.45, 7) is 0. The maximum absolute atomic E-state index is 10.3. The molecule has 0 aliphatic heterocycles. The highest BCUT2D eigenvalue weighted by atomic mass is 35.5. The van der Waals surface area contributed by atoms with Crippen LogP contribution in [0.15, 0.2) is 0 Å². The van der Waals surface area contributed by atoms with Gasteiger partial charge in [-0.3, -0.25) is 9.59 Å². The zero-order chi connectivity index (χ0) is 8.15. The molecular weight excluding hydrogens is 202 g/mol. The van der Waals surface area contributed by atoms with E-state index in [2.05, 4.69) is 4.74 Å². The summed E-state index contributed by atoms with van der Waals surface area (Å²) in [5.74, 6) is -1.14. The van der Waals surface area contributed by atoms with Crippen LogP contribution >= 0.6 is 34.8 Å². The zero-order valence-corrected chi connectivity index (χ0v) is 6.91. The predicted molar refractivity (Wildman–Crippen MR) is 37.3 cm³/mol. The fourth-order valence-corrected chi connectivity index (χ4v) is 0.400. The normalized spacial score (nSPS) is 12.3. The fraction of sp³-hybridized carbons (Fsp3) is 0.500. The van der Waals surface area contributed by atoms with Crippen molar-refractivity contribution in [3.8, 4) is 0 Å². The number of halogens is 3. The molecule has 0 saturated heterocycles. The van der Waals surface area contributed by atoms with Crippen LogP contribution in [0.25, 0.3) is 0 Å². The minimum absolute atomic E-state index is 0.354. The summed E-state index contributed by atoms with van der Waals surface area (Å²) in [7, 11) is 0. The number of alkyl halides is 2. The van der Waals surface area contributed by atoms with Crippen LogP contribution < -0.4 is 0 Å². The summed E-state index contributed by atoms with van der Waals surface area (Å²) in [6.07, 6.45) is 0. The molecule has 6 heteroatoms. The van der Waals surface area contributed by atoms with E-state index in [1.54, 1.807) is 0 Å². The van der Waals surface area contributed by atoms with E-state index in [0.29, 0.717) is 0 Å². The predicted octanol–water partition coefficient (Wildman–Crippen LogP) is 1.10. The van der Waals surface area contributed by atoms with Gasteiger partial charge in [-0.15, -0.1) is 11.6 Å². The van der Waals surface area contributed by atoms with Crippen molar-refractivity contribution < 1.29 is 14.3 Å². The van der Waals surface area contributed by atoms with Gasteiger partial charge in [0.2, 0.25) is 5.56 Å². The van der Waals surface area contributed by atoms with E-state index in [0.717, 1.165) is 0 Å². The van der Waals surface area contributed by atoms with Gasteiger partial charge in [0.1, 0.15) is 5.88 Å². The van der Waals surface area contributed by atoms with Crippen LogP contribution in [-0.2, 0) is 14.3 Å². The molecule has 1 atom stereocenters. The van der Waals surface area contributed by atoms with E-state index >= 15 is 0 Å². The van der Waals surface area contributed by atoms with Crippen LogP contribution in [0.1, 0.15) is 0 Å². The van der Waals surface area contributed by atoms with Crippen LogP contribution in [0, 0.1) is 0 Å². The molecule has 58 valence electrons. The first-order valence-corrected chi connectivity index (χ1v) is 3.51. The summed E-state index contributed by atoms with van der Waals surface area (Å²) in [6, 6.07) is 0. The van der Waals surface area contributed by atoms with Crippen LogP contribution in [0.2, 0.25) is 0 Å². The summed E-state index contributed by atoms with van der Waals surface area (Å²) in [5.41, 5.74) is -1.44. The van der Waals surface area contributed by atoms with Crippen molar-refractivity contribution >= 4 is 46.0 Å². The van der Waals surface area contributed by atoms with Crippen molar-refractivity contribution in [2.24, 2.45) is 0 Å². The molecule has 0 aromatic heterocycles. The van der Waals surface area contributed by atoms with E-state index < -0.39 is 16.8 Å². The highest BCUT2D eigenvalue weighted by Gasteiger charge is 2.16. The Hall–Kier alpha value is 0.01000. The summed E-state index contributed by atoms with van der Waals surface area (Å²) in [4.78, 5) is 20.4.